The van der Waals surface area contributed by atoms with E-state index in [1.807, 2.05) is 18.2 Å². The number of amides is 4. The van der Waals surface area contributed by atoms with E-state index in [1.54, 1.807) is 62.3 Å². The third-order valence-corrected chi connectivity index (χ3v) is 15.2. The van der Waals surface area contributed by atoms with E-state index in [4.69, 9.17) is 28.4 Å². The van der Waals surface area contributed by atoms with E-state index in [1.165, 1.54) is 15.9 Å². The molecule has 0 aliphatic heterocycles. The molecule has 0 atom stereocenters. The van der Waals surface area contributed by atoms with Gasteiger partial charge in [0.05, 0.1) is 0 Å². The number of unbranched alkanes of at least 4 members (excludes halogenated alkanes) is 2. The third kappa shape index (κ3) is 22.5. The van der Waals surface area contributed by atoms with Crippen LogP contribution in [0.25, 0.3) is 0 Å². The molecule has 0 radical (unpaired) electrons. The molecule has 0 unspecified atom stereocenters. The summed E-state index contributed by atoms with van der Waals surface area (Å²) in [5.41, 5.74) is -4.11. The number of alkyl carbamates (subject to hydrolysis) is 3. The number of carbonyl (C=O) groups excluding carboxylic acids is 7. The number of esters is 3. The summed E-state index contributed by atoms with van der Waals surface area (Å²) in [6, 6.07) is 31.6. The molecule has 0 aromatic heterocycles. The van der Waals surface area contributed by atoms with Crippen molar-refractivity contribution in [2.75, 3.05) is 45.6 Å². The first-order valence-corrected chi connectivity index (χ1v) is 26.0. The maximum absolute atomic E-state index is 14.0. The molecule has 386 valence electrons. The summed E-state index contributed by atoms with van der Waals surface area (Å²) < 4.78 is 32.5. The summed E-state index contributed by atoms with van der Waals surface area (Å²) in [4.78, 5) is 90.0. The number of hydrogen-bond acceptors (Lipinski definition) is 13. The Morgan fingerprint density at radius 2 is 0.743 bits per heavy atom. The van der Waals surface area contributed by atoms with Crippen LogP contribution in [0, 0.1) is 0 Å². The Hall–Kier alpha value is -6.22. The van der Waals surface area contributed by atoms with Crippen molar-refractivity contribution < 1.29 is 62.0 Å². The van der Waals surface area contributed by atoms with Crippen molar-refractivity contribution in [3.63, 3.8) is 0 Å². The zero-order chi connectivity index (χ0) is 51.9. The molecule has 4 N–H and O–H groups in total. The third-order valence-electron chi connectivity index (χ3n) is 10.2. The van der Waals surface area contributed by atoms with Crippen LogP contribution in [0.4, 0.5) is 14.4 Å². The van der Waals surface area contributed by atoms with Gasteiger partial charge in [-0.15, -0.1) is 0 Å². The van der Waals surface area contributed by atoms with Gasteiger partial charge in [-0.3, -0.25) is 0 Å². The number of carbonyl (C=O) groups is 7. The van der Waals surface area contributed by atoms with E-state index in [0.717, 1.165) is 12.6 Å². The first kappa shape index (κ1) is 58.1. The van der Waals surface area contributed by atoms with Crippen LogP contribution in [0.3, 0.4) is 0 Å². The second-order valence-electron chi connectivity index (χ2n) is 19.9. The quantitative estimate of drug-likeness (QED) is 0.0308. The van der Waals surface area contributed by atoms with E-state index in [2.05, 4.69) is 94.1 Å². The normalized spacial score (nSPS) is 12.1. The van der Waals surface area contributed by atoms with Gasteiger partial charge in [-0.25, -0.2) is 14.4 Å². The van der Waals surface area contributed by atoms with E-state index in [9.17, 15) is 33.6 Å². The Morgan fingerprint density at radius 3 is 1.04 bits per heavy atom. The number of hydrogen-bond donors (Lipinski definition) is 4. The molecule has 17 nitrogen and oxygen atoms in total. The molecule has 4 amide bonds. The predicted molar refractivity (Wildman–Crippen MR) is 270 cm³/mol. The first-order chi connectivity index (χ1) is 32.9. The standard InChI is InChI=1S/C52H75N4O13P/c1-49(2,3)67-46(61)53-32-29-43(58)64-36-52(37-65-44(59)30-33-54-47(62)68-50(4,5)6,38-66-45(60)31-34-55-48(63)69-51(7,8)9)56-42(57)28-20-13-21-35-70(39-22-14-10-15-23-39,40-24-16-11-17-25-40)41-26-18-12-19-27-41/h10-12,14-19,22-27,70H,13,20-21,28-38H2,1-9H3,(H,53,61)(H,54,62)(H,55,63)(H,56,57). The van der Waals surface area contributed by atoms with Crippen LogP contribution in [0.5, 0.6) is 0 Å². The molecular formula is C52H75N4O13P. The second kappa shape index (κ2) is 27.8. The van der Waals surface area contributed by atoms with E-state index >= 15 is 0 Å². The molecule has 18 heteroatoms. The predicted octanol–water partition coefficient (Wildman–Crippen LogP) is 6.50. The molecule has 0 aliphatic carbocycles. The minimum atomic E-state index is -2.52. The van der Waals surface area contributed by atoms with Crippen LogP contribution in [-0.4, -0.2) is 110 Å². The van der Waals surface area contributed by atoms with Crippen LogP contribution in [0.15, 0.2) is 91.0 Å². The zero-order valence-electron chi connectivity index (χ0n) is 42.4. The summed E-state index contributed by atoms with van der Waals surface area (Å²) >= 11 is 0. The fourth-order valence-corrected chi connectivity index (χ4v) is 12.1. The summed E-state index contributed by atoms with van der Waals surface area (Å²) in [5, 5.41) is 14.1. The van der Waals surface area contributed by atoms with Crippen molar-refractivity contribution in [2.24, 2.45) is 0 Å². The summed E-state index contributed by atoms with van der Waals surface area (Å²) in [7, 11) is -2.52. The fourth-order valence-electron chi connectivity index (χ4n) is 7.16. The Balaban J connectivity index is 1.82. The van der Waals surface area contributed by atoms with Gasteiger partial charge in [-0.05, 0) is 62.3 Å². The molecule has 0 aliphatic rings. The zero-order valence-corrected chi connectivity index (χ0v) is 43.4. The van der Waals surface area contributed by atoms with Crippen molar-refractivity contribution >= 4 is 65.3 Å². The number of ether oxygens (including phenoxy) is 6. The first-order valence-electron chi connectivity index (χ1n) is 23.8. The minimum absolute atomic E-state index is 0.0214. The number of nitrogens with one attached hydrogen (secondary N) is 4. The molecular weight excluding hydrogens is 920 g/mol. The maximum atomic E-state index is 14.0. The molecule has 3 aromatic carbocycles. The van der Waals surface area contributed by atoms with Gasteiger partial charge in [0.2, 0.25) is 0 Å². The number of rotatable bonds is 25. The average Bonchev–Trinajstić information content (AvgIpc) is 3.27. The fraction of sp³-hybridized carbons (Fsp3) is 0.519. The van der Waals surface area contributed by atoms with Crippen LogP contribution in [0.1, 0.15) is 107 Å². The summed E-state index contributed by atoms with van der Waals surface area (Å²) in [5.74, 6) is -2.87. The van der Waals surface area contributed by atoms with Gasteiger partial charge in [-0.2, -0.15) is 0 Å². The van der Waals surface area contributed by atoms with Crippen molar-refractivity contribution in [1.82, 2.24) is 21.3 Å². The molecule has 0 saturated carbocycles. The summed E-state index contributed by atoms with van der Waals surface area (Å²) in [6.45, 7) is 13.0. The molecule has 0 fully saturated rings. The SMILES string of the molecule is CC(C)(C)OC(=O)NCCC(=O)OCC(COC(=O)CCNC(=O)OC(C)(C)C)(COC(=O)CCNC(=O)OC(C)(C)C)NC(=O)CCCCC[PH](c1ccccc1)(c1ccccc1)c1ccccc1. The molecule has 0 spiro atoms. The van der Waals surface area contributed by atoms with Crippen LogP contribution in [-0.2, 0) is 47.6 Å². The Bertz CT molecular complexity index is 1920. The monoisotopic (exact) mass is 995 g/mol. The molecule has 70 heavy (non-hydrogen) atoms. The summed E-state index contributed by atoms with van der Waals surface area (Å²) in [6.07, 6.45) is -0.278. The number of benzene rings is 3. The van der Waals surface area contributed by atoms with Crippen molar-refractivity contribution in [2.45, 2.75) is 130 Å². The van der Waals surface area contributed by atoms with Gasteiger partial charge in [0.15, 0.2) is 0 Å². The molecule has 0 heterocycles. The van der Waals surface area contributed by atoms with Crippen molar-refractivity contribution in [3.8, 4) is 0 Å². The van der Waals surface area contributed by atoms with Crippen LogP contribution < -0.4 is 37.2 Å². The van der Waals surface area contributed by atoms with E-state index < -0.39 is 91.5 Å². The Kier molecular flexibility index (Phi) is 23.1. The average molecular weight is 995 g/mol. The van der Waals surface area contributed by atoms with Crippen LogP contribution in [0.2, 0.25) is 0 Å². The van der Waals surface area contributed by atoms with Gasteiger partial charge < -0.3 is 30.2 Å². The topological polar surface area (TPSA) is 223 Å². The Morgan fingerprint density at radius 1 is 0.429 bits per heavy atom. The van der Waals surface area contributed by atoms with Crippen molar-refractivity contribution in [3.05, 3.63) is 91.0 Å². The second-order valence-corrected chi connectivity index (χ2v) is 24.0. The molecule has 3 rings (SSSR count). The molecule has 3 aromatic rings. The molecule has 0 bridgehead atoms. The van der Waals surface area contributed by atoms with Gasteiger partial charge in [0.1, 0.15) is 16.8 Å². The van der Waals surface area contributed by atoms with Gasteiger partial charge in [0.25, 0.3) is 0 Å². The van der Waals surface area contributed by atoms with Crippen molar-refractivity contribution in [1.29, 1.82) is 0 Å². The Labute approximate surface area is 413 Å². The molecule has 0 saturated heterocycles. The van der Waals surface area contributed by atoms with E-state index in [0.29, 0.717) is 12.8 Å². The van der Waals surface area contributed by atoms with Gasteiger partial charge >= 0.3 is 271 Å². The van der Waals surface area contributed by atoms with Crippen LogP contribution >= 0.6 is 7.26 Å². The van der Waals surface area contributed by atoms with E-state index in [-0.39, 0.29) is 45.3 Å². The van der Waals surface area contributed by atoms with Gasteiger partial charge in [0, 0.05) is 19.6 Å². The van der Waals surface area contributed by atoms with Gasteiger partial charge in [-0.1, -0.05) is 0 Å².